The van der Waals surface area contributed by atoms with Gasteiger partial charge in [-0.05, 0) is 29.8 Å². The molecule has 100 valence electrons. The quantitative estimate of drug-likeness (QED) is 0.623. The molecular weight excluding hydrogens is 252 g/mol. The average Bonchev–Trinajstić information content (AvgIpc) is 2.83. The largest absolute Gasteiger partial charge is 0.398 e. The highest BCUT2D eigenvalue weighted by Crippen LogP contribution is 2.23. The van der Waals surface area contributed by atoms with Crippen LogP contribution in [-0.4, -0.2) is 16.1 Å². The van der Waals surface area contributed by atoms with E-state index in [1.54, 1.807) is 12.3 Å². The number of aromatic amines is 1. The average molecular weight is 266 g/mol. The van der Waals surface area contributed by atoms with Crippen molar-refractivity contribution in [3.05, 3.63) is 53.7 Å². The van der Waals surface area contributed by atoms with Gasteiger partial charge in [-0.25, -0.2) is 0 Å². The van der Waals surface area contributed by atoms with Crippen molar-refractivity contribution in [2.75, 3.05) is 11.1 Å². The van der Waals surface area contributed by atoms with Crippen molar-refractivity contribution in [3.63, 3.8) is 0 Å². The Labute approximate surface area is 115 Å². The Hall–Kier alpha value is -2.82. The lowest BCUT2D eigenvalue weighted by Gasteiger charge is -2.08. The molecular formula is C15H14N4O. The highest BCUT2D eigenvalue weighted by Gasteiger charge is 2.13. The van der Waals surface area contributed by atoms with Gasteiger partial charge in [0.25, 0.3) is 5.91 Å². The maximum absolute atomic E-state index is 12.3. The van der Waals surface area contributed by atoms with E-state index >= 15 is 0 Å². The number of nitrogens with one attached hydrogen (secondary N) is 2. The molecule has 0 aliphatic carbocycles. The molecule has 0 aliphatic heterocycles. The summed E-state index contributed by atoms with van der Waals surface area (Å²) in [6.07, 6.45) is 1.65. The number of benzene rings is 2. The summed E-state index contributed by atoms with van der Waals surface area (Å²) in [5.74, 6) is 0.336. The van der Waals surface area contributed by atoms with Gasteiger partial charge in [-0.15, -0.1) is 0 Å². The summed E-state index contributed by atoms with van der Waals surface area (Å²) in [6, 6.07) is 11.4. The van der Waals surface area contributed by atoms with E-state index in [9.17, 15) is 4.79 Å². The van der Waals surface area contributed by atoms with Crippen molar-refractivity contribution in [2.45, 2.75) is 6.92 Å². The minimum atomic E-state index is -0.249. The lowest BCUT2D eigenvalue weighted by atomic mass is 10.0. The molecule has 4 N–H and O–H groups in total. The topological polar surface area (TPSA) is 83.8 Å². The predicted octanol–water partition coefficient (Wildman–Crippen LogP) is 2.71. The molecule has 0 atom stereocenters. The van der Waals surface area contributed by atoms with Crippen LogP contribution in [0.1, 0.15) is 15.9 Å². The van der Waals surface area contributed by atoms with Crippen molar-refractivity contribution in [2.24, 2.45) is 0 Å². The van der Waals surface area contributed by atoms with Crippen molar-refractivity contribution in [3.8, 4) is 0 Å². The van der Waals surface area contributed by atoms with E-state index in [0.29, 0.717) is 17.1 Å². The molecule has 1 amide bonds. The first kappa shape index (κ1) is 12.2. The second kappa shape index (κ2) is 4.70. The van der Waals surface area contributed by atoms with Gasteiger partial charge in [0.05, 0.1) is 11.8 Å². The molecule has 5 heteroatoms. The summed E-state index contributed by atoms with van der Waals surface area (Å²) in [6.45, 7) is 1.86. The van der Waals surface area contributed by atoms with Gasteiger partial charge in [-0.3, -0.25) is 9.89 Å². The molecule has 5 nitrogen and oxygen atoms in total. The molecule has 0 bridgehead atoms. The highest BCUT2D eigenvalue weighted by atomic mass is 16.1. The molecule has 0 saturated carbocycles. The van der Waals surface area contributed by atoms with Gasteiger partial charge in [-0.1, -0.05) is 24.3 Å². The number of carbonyl (C=O) groups excluding carboxylic acids is 1. The van der Waals surface area contributed by atoms with Crippen LogP contribution >= 0.6 is 0 Å². The van der Waals surface area contributed by atoms with Gasteiger partial charge in [-0.2, -0.15) is 5.10 Å². The van der Waals surface area contributed by atoms with E-state index < -0.39 is 0 Å². The fourth-order valence-corrected chi connectivity index (χ4v) is 2.11. The molecule has 0 aliphatic rings. The van der Waals surface area contributed by atoms with Crippen LogP contribution in [-0.2, 0) is 0 Å². The number of anilines is 2. The van der Waals surface area contributed by atoms with Gasteiger partial charge in [0, 0.05) is 11.3 Å². The van der Waals surface area contributed by atoms with Crippen molar-refractivity contribution in [1.82, 2.24) is 10.2 Å². The summed E-state index contributed by atoms with van der Waals surface area (Å²) >= 11 is 0. The number of hydrogen-bond acceptors (Lipinski definition) is 3. The zero-order chi connectivity index (χ0) is 14.1. The summed E-state index contributed by atoms with van der Waals surface area (Å²) < 4.78 is 0. The zero-order valence-electron chi connectivity index (χ0n) is 11.0. The van der Waals surface area contributed by atoms with Gasteiger partial charge < -0.3 is 11.1 Å². The smallest absolute Gasteiger partial charge is 0.258 e. The Morgan fingerprint density at radius 2 is 1.95 bits per heavy atom. The van der Waals surface area contributed by atoms with Crippen LogP contribution in [0.3, 0.4) is 0 Å². The molecule has 3 aromatic rings. The third kappa shape index (κ3) is 2.09. The number of amides is 1. The zero-order valence-corrected chi connectivity index (χ0v) is 11.0. The molecule has 0 fully saturated rings. The second-order valence-electron chi connectivity index (χ2n) is 4.67. The number of nitrogen functional groups attached to an aromatic ring is 1. The minimum absolute atomic E-state index is 0.249. The summed E-state index contributed by atoms with van der Waals surface area (Å²) in [4.78, 5) is 12.3. The number of aryl methyl sites for hydroxylation is 1. The first-order valence-electron chi connectivity index (χ1n) is 6.25. The Bertz CT molecular complexity index is 791. The van der Waals surface area contributed by atoms with Crippen LogP contribution in [0.5, 0.6) is 0 Å². The van der Waals surface area contributed by atoms with E-state index in [1.165, 1.54) is 0 Å². The number of aromatic nitrogens is 2. The van der Waals surface area contributed by atoms with Crippen LogP contribution in [0.2, 0.25) is 0 Å². The van der Waals surface area contributed by atoms with Gasteiger partial charge in [0.1, 0.15) is 5.82 Å². The third-order valence-corrected chi connectivity index (χ3v) is 3.23. The van der Waals surface area contributed by atoms with Gasteiger partial charge in [0.2, 0.25) is 0 Å². The number of rotatable bonds is 2. The summed E-state index contributed by atoms with van der Waals surface area (Å²) in [5.41, 5.74) is 7.75. The highest BCUT2D eigenvalue weighted by molar-refractivity contribution is 6.10. The number of carbonyl (C=O) groups is 1. The van der Waals surface area contributed by atoms with Gasteiger partial charge >= 0.3 is 0 Å². The minimum Gasteiger partial charge on any atom is -0.398 e. The van der Waals surface area contributed by atoms with E-state index in [4.69, 9.17) is 5.73 Å². The molecule has 20 heavy (non-hydrogen) atoms. The lowest BCUT2D eigenvalue weighted by Crippen LogP contribution is -2.15. The Kier molecular flexibility index (Phi) is 2.87. The molecule has 1 heterocycles. The fourth-order valence-electron chi connectivity index (χ4n) is 2.11. The van der Waals surface area contributed by atoms with Crippen molar-refractivity contribution >= 4 is 28.2 Å². The molecule has 3 rings (SSSR count). The standard InChI is InChI=1S/C15H14N4O/c1-9-8-17-19-14(9)18-15(20)12-6-10-4-2-3-5-11(10)7-13(12)16/h2-8H,16H2,1H3,(H2,17,18,19,20). The number of hydrogen-bond donors (Lipinski definition) is 3. The van der Waals surface area contributed by atoms with E-state index in [0.717, 1.165) is 16.3 Å². The van der Waals surface area contributed by atoms with Crippen LogP contribution < -0.4 is 11.1 Å². The molecule has 0 radical (unpaired) electrons. The van der Waals surface area contributed by atoms with Crippen LogP contribution in [0.15, 0.2) is 42.6 Å². The van der Waals surface area contributed by atoms with Crippen molar-refractivity contribution in [1.29, 1.82) is 0 Å². The monoisotopic (exact) mass is 266 g/mol. The van der Waals surface area contributed by atoms with Crippen molar-refractivity contribution < 1.29 is 4.79 Å². The van der Waals surface area contributed by atoms with Gasteiger partial charge in [0.15, 0.2) is 0 Å². The first-order valence-corrected chi connectivity index (χ1v) is 6.25. The number of H-pyrrole nitrogens is 1. The Balaban J connectivity index is 1.99. The van der Waals surface area contributed by atoms with Crippen LogP contribution in [0.4, 0.5) is 11.5 Å². The molecule has 2 aromatic carbocycles. The second-order valence-corrected chi connectivity index (χ2v) is 4.67. The van der Waals surface area contributed by atoms with Crippen LogP contribution in [0.25, 0.3) is 10.8 Å². The van der Waals surface area contributed by atoms with E-state index in [2.05, 4.69) is 15.5 Å². The predicted molar refractivity (Wildman–Crippen MR) is 79.6 cm³/mol. The molecule has 1 aromatic heterocycles. The molecule has 0 spiro atoms. The summed E-state index contributed by atoms with van der Waals surface area (Å²) in [7, 11) is 0. The van der Waals surface area contributed by atoms with E-state index in [1.807, 2.05) is 37.3 Å². The third-order valence-electron chi connectivity index (χ3n) is 3.23. The van der Waals surface area contributed by atoms with E-state index in [-0.39, 0.29) is 5.91 Å². The lowest BCUT2D eigenvalue weighted by molar-refractivity contribution is 0.102. The number of nitrogens with two attached hydrogens (primary N) is 1. The SMILES string of the molecule is Cc1cn[nH]c1NC(=O)c1cc2ccccc2cc1N. The number of nitrogens with zero attached hydrogens (tertiary/aromatic N) is 1. The Morgan fingerprint density at radius 1 is 1.25 bits per heavy atom. The maximum Gasteiger partial charge on any atom is 0.258 e. The Morgan fingerprint density at radius 3 is 2.60 bits per heavy atom. The fraction of sp³-hybridized carbons (Fsp3) is 0.0667. The number of fused-ring (bicyclic) bond motifs is 1. The maximum atomic E-state index is 12.3. The molecule has 0 saturated heterocycles. The normalized spacial score (nSPS) is 10.7. The first-order chi connectivity index (χ1) is 9.65. The summed E-state index contributed by atoms with van der Waals surface area (Å²) in [5, 5.41) is 11.4. The molecule has 0 unspecified atom stereocenters. The van der Waals surface area contributed by atoms with Crippen LogP contribution in [0, 0.1) is 6.92 Å².